The number of aryl methyl sites for hydroxylation is 1. The van der Waals surface area contributed by atoms with Crippen LogP contribution in [0.3, 0.4) is 0 Å². The number of ketones is 1. The van der Waals surface area contributed by atoms with E-state index in [0.717, 1.165) is 0 Å². The van der Waals surface area contributed by atoms with Gasteiger partial charge < -0.3 is 4.74 Å². The number of alkyl halides is 2. The van der Waals surface area contributed by atoms with Gasteiger partial charge in [0.25, 0.3) is 0 Å². The van der Waals surface area contributed by atoms with Crippen molar-refractivity contribution in [3.63, 3.8) is 0 Å². The fraction of sp³-hybridized carbons (Fsp3) is 0.273. The second-order valence-corrected chi connectivity index (χ2v) is 3.22. The van der Waals surface area contributed by atoms with Crippen molar-refractivity contribution in [1.82, 2.24) is 0 Å². The summed E-state index contributed by atoms with van der Waals surface area (Å²) >= 11 is 0. The van der Waals surface area contributed by atoms with Crippen molar-refractivity contribution in [3.8, 4) is 11.8 Å². The summed E-state index contributed by atoms with van der Waals surface area (Å²) in [5.74, 6) is -0.586. The molecule has 0 heterocycles. The van der Waals surface area contributed by atoms with E-state index in [2.05, 4.69) is 4.74 Å². The lowest BCUT2D eigenvalue weighted by atomic mass is 10.0. The van der Waals surface area contributed by atoms with Crippen molar-refractivity contribution in [3.05, 3.63) is 28.8 Å². The molecule has 0 aromatic heterocycles. The summed E-state index contributed by atoms with van der Waals surface area (Å²) in [6, 6.07) is 4.48. The Kier molecular flexibility index (Phi) is 3.56. The Bertz CT molecular complexity index is 464. The zero-order valence-corrected chi connectivity index (χ0v) is 8.75. The first-order chi connectivity index (χ1) is 7.45. The summed E-state index contributed by atoms with van der Waals surface area (Å²) in [6.07, 6.45) is 0. The molecule has 1 aromatic carbocycles. The summed E-state index contributed by atoms with van der Waals surface area (Å²) in [5.41, 5.74) is 0.575. The lowest BCUT2D eigenvalue weighted by Crippen LogP contribution is -2.08. The molecule has 5 heteroatoms. The number of rotatable bonds is 3. The third kappa shape index (κ3) is 2.54. The van der Waals surface area contributed by atoms with Gasteiger partial charge in [-0.3, -0.25) is 4.79 Å². The molecule has 0 N–H and O–H groups in total. The van der Waals surface area contributed by atoms with E-state index in [4.69, 9.17) is 5.26 Å². The van der Waals surface area contributed by atoms with Gasteiger partial charge in [0.15, 0.2) is 5.78 Å². The number of nitriles is 1. The monoisotopic (exact) mass is 225 g/mol. The Morgan fingerprint density at radius 2 is 2.12 bits per heavy atom. The quantitative estimate of drug-likeness (QED) is 0.743. The molecule has 0 aliphatic heterocycles. The van der Waals surface area contributed by atoms with Gasteiger partial charge in [0.05, 0.1) is 17.2 Å². The molecule has 16 heavy (non-hydrogen) atoms. The van der Waals surface area contributed by atoms with Crippen LogP contribution in [-0.2, 0) is 0 Å². The van der Waals surface area contributed by atoms with Gasteiger partial charge >= 0.3 is 6.61 Å². The second kappa shape index (κ2) is 4.71. The third-order valence-electron chi connectivity index (χ3n) is 1.99. The van der Waals surface area contributed by atoms with E-state index in [-0.39, 0.29) is 16.9 Å². The van der Waals surface area contributed by atoms with Gasteiger partial charge in [-0.1, -0.05) is 0 Å². The lowest BCUT2D eigenvalue weighted by Gasteiger charge is -2.11. The van der Waals surface area contributed by atoms with Gasteiger partial charge in [0.2, 0.25) is 0 Å². The van der Waals surface area contributed by atoms with Crippen LogP contribution >= 0.6 is 0 Å². The highest BCUT2D eigenvalue weighted by Gasteiger charge is 2.16. The number of hydrogen-bond donors (Lipinski definition) is 0. The normalized spacial score (nSPS) is 10.0. The largest absolute Gasteiger partial charge is 0.434 e. The number of nitrogens with zero attached hydrogens (tertiary/aromatic N) is 1. The molecule has 3 nitrogen and oxygen atoms in total. The Morgan fingerprint density at radius 1 is 1.50 bits per heavy atom. The van der Waals surface area contributed by atoms with E-state index in [9.17, 15) is 13.6 Å². The molecular formula is C11H9F2NO2. The second-order valence-electron chi connectivity index (χ2n) is 3.22. The maximum absolute atomic E-state index is 12.1. The average molecular weight is 225 g/mol. The van der Waals surface area contributed by atoms with Crippen LogP contribution in [0.15, 0.2) is 12.1 Å². The molecular weight excluding hydrogens is 216 g/mol. The van der Waals surface area contributed by atoms with Crippen LogP contribution in [0.4, 0.5) is 8.78 Å². The van der Waals surface area contributed by atoms with Crippen LogP contribution in [0.5, 0.6) is 5.75 Å². The van der Waals surface area contributed by atoms with Crippen LogP contribution < -0.4 is 4.74 Å². The zero-order valence-electron chi connectivity index (χ0n) is 8.75. The van der Waals surface area contributed by atoms with Gasteiger partial charge in [-0.25, -0.2) is 0 Å². The Balaban J connectivity index is 3.35. The maximum Gasteiger partial charge on any atom is 0.387 e. The van der Waals surface area contributed by atoms with Crippen molar-refractivity contribution < 1.29 is 18.3 Å². The van der Waals surface area contributed by atoms with Gasteiger partial charge in [-0.05, 0) is 31.5 Å². The minimum Gasteiger partial charge on any atom is -0.434 e. The number of benzene rings is 1. The van der Waals surface area contributed by atoms with E-state index < -0.39 is 12.4 Å². The topological polar surface area (TPSA) is 50.1 Å². The first-order valence-corrected chi connectivity index (χ1v) is 4.46. The number of hydrogen-bond acceptors (Lipinski definition) is 3. The summed E-state index contributed by atoms with van der Waals surface area (Å²) in [5, 5.41) is 8.69. The molecule has 1 rings (SSSR count). The van der Waals surface area contributed by atoms with Crippen molar-refractivity contribution >= 4 is 5.78 Å². The highest BCUT2D eigenvalue weighted by atomic mass is 19.3. The smallest absolute Gasteiger partial charge is 0.387 e. The minimum atomic E-state index is -3.00. The number of halogens is 2. The van der Waals surface area contributed by atoms with Gasteiger partial charge in [-0.15, -0.1) is 0 Å². The molecule has 0 spiro atoms. The van der Waals surface area contributed by atoms with E-state index >= 15 is 0 Å². The standard InChI is InChI=1S/C11H9F2NO2/c1-6-3-8(5-14)4-9(7(2)15)10(6)16-11(12)13/h3-4,11H,1-2H3. The van der Waals surface area contributed by atoms with Crippen molar-refractivity contribution in [2.24, 2.45) is 0 Å². The van der Waals surface area contributed by atoms with Crippen LogP contribution in [0.2, 0.25) is 0 Å². The summed E-state index contributed by atoms with van der Waals surface area (Å²) in [4.78, 5) is 11.2. The SMILES string of the molecule is CC(=O)c1cc(C#N)cc(C)c1OC(F)F. The molecule has 0 saturated heterocycles. The Labute approximate surface area is 91.3 Å². The first kappa shape index (κ1) is 12.1. The first-order valence-electron chi connectivity index (χ1n) is 4.46. The highest BCUT2D eigenvalue weighted by molar-refractivity contribution is 5.97. The molecule has 84 valence electrons. The predicted octanol–water partition coefficient (Wildman–Crippen LogP) is 2.67. The number of carbonyl (C=O) groups excluding carboxylic acids is 1. The van der Waals surface area contributed by atoms with Crippen molar-refractivity contribution in [1.29, 1.82) is 5.26 Å². The van der Waals surface area contributed by atoms with E-state index in [1.165, 1.54) is 26.0 Å². The van der Waals surface area contributed by atoms with Crippen LogP contribution in [0.25, 0.3) is 0 Å². The zero-order chi connectivity index (χ0) is 12.3. The Morgan fingerprint density at radius 3 is 2.56 bits per heavy atom. The average Bonchev–Trinajstić information content (AvgIpc) is 2.19. The fourth-order valence-corrected chi connectivity index (χ4v) is 1.35. The van der Waals surface area contributed by atoms with Crippen molar-refractivity contribution in [2.45, 2.75) is 20.5 Å². The molecule has 0 radical (unpaired) electrons. The van der Waals surface area contributed by atoms with E-state index in [1.54, 1.807) is 0 Å². The van der Waals surface area contributed by atoms with Gasteiger partial charge in [-0.2, -0.15) is 14.0 Å². The molecule has 0 saturated carbocycles. The van der Waals surface area contributed by atoms with Gasteiger partial charge in [0, 0.05) is 0 Å². The summed E-state index contributed by atoms with van der Waals surface area (Å²) in [6.45, 7) is -0.260. The molecule has 0 amide bonds. The van der Waals surface area contributed by atoms with Crippen molar-refractivity contribution in [2.75, 3.05) is 0 Å². The molecule has 0 aliphatic rings. The number of carbonyl (C=O) groups is 1. The number of Topliss-reactive ketones (excluding diaryl/α,β-unsaturated/α-hetero) is 1. The minimum absolute atomic E-state index is 0.00292. The van der Waals surface area contributed by atoms with E-state index in [0.29, 0.717) is 5.56 Å². The van der Waals surface area contributed by atoms with Crippen LogP contribution in [0, 0.1) is 18.3 Å². The maximum atomic E-state index is 12.1. The summed E-state index contributed by atoms with van der Waals surface area (Å²) in [7, 11) is 0. The van der Waals surface area contributed by atoms with Crippen LogP contribution in [0.1, 0.15) is 28.4 Å². The third-order valence-corrected chi connectivity index (χ3v) is 1.99. The fourth-order valence-electron chi connectivity index (χ4n) is 1.35. The highest BCUT2D eigenvalue weighted by Crippen LogP contribution is 2.27. The van der Waals surface area contributed by atoms with Gasteiger partial charge in [0.1, 0.15) is 5.75 Å². The number of ether oxygens (including phenoxy) is 1. The van der Waals surface area contributed by atoms with Crippen LogP contribution in [-0.4, -0.2) is 12.4 Å². The molecule has 0 unspecified atom stereocenters. The lowest BCUT2D eigenvalue weighted by molar-refractivity contribution is -0.0505. The van der Waals surface area contributed by atoms with E-state index in [1.807, 2.05) is 6.07 Å². The molecule has 0 fully saturated rings. The predicted molar refractivity (Wildman–Crippen MR) is 52.5 cm³/mol. The molecule has 1 aromatic rings. The Hall–Kier alpha value is -1.96. The molecule has 0 atom stereocenters. The molecule has 0 bridgehead atoms. The summed E-state index contributed by atoms with van der Waals surface area (Å²) < 4.78 is 28.5. The molecule has 0 aliphatic carbocycles.